The summed E-state index contributed by atoms with van der Waals surface area (Å²) in [7, 11) is 1.53. The van der Waals surface area contributed by atoms with Crippen LogP contribution in [0.15, 0.2) is 42.5 Å². The van der Waals surface area contributed by atoms with Gasteiger partial charge < -0.3 is 9.64 Å². The van der Waals surface area contributed by atoms with Crippen LogP contribution in [-0.2, 0) is 0 Å². The molecule has 0 aromatic heterocycles. The summed E-state index contributed by atoms with van der Waals surface area (Å²) in [5.41, 5.74) is 1.17. The second-order valence-corrected chi connectivity index (χ2v) is 7.55. The van der Waals surface area contributed by atoms with Crippen LogP contribution in [0.2, 0.25) is 5.02 Å². The molecule has 0 radical (unpaired) electrons. The van der Waals surface area contributed by atoms with Gasteiger partial charge >= 0.3 is 0 Å². The lowest BCUT2D eigenvalue weighted by Gasteiger charge is -2.21. The monoisotopic (exact) mass is 379 g/mol. The van der Waals surface area contributed by atoms with Crippen molar-refractivity contribution in [3.05, 3.63) is 64.4 Å². The number of carbonyl (C=O) groups excluding carboxylic acids is 1. The van der Waals surface area contributed by atoms with Crippen LogP contribution in [-0.4, -0.2) is 36.8 Å². The van der Waals surface area contributed by atoms with E-state index in [0.29, 0.717) is 41.4 Å². The fourth-order valence-electron chi connectivity index (χ4n) is 2.98. The Hall–Kier alpha value is -1.72. The molecule has 1 aliphatic heterocycles. The highest BCUT2D eigenvalue weighted by Crippen LogP contribution is 2.36. The van der Waals surface area contributed by atoms with Crippen LogP contribution in [0.1, 0.15) is 27.6 Å². The Labute approximate surface area is 156 Å². The topological polar surface area (TPSA) is 29.5 Å². The Bertz CT molecular complexity index is 771. The van der Waals surface area contributed by atoms with Crippen LogP contribution >= 0.6 is 23.4 Å². The Morgan fingerprint density at radius 1 is 1.28 bits per heavy atom. The average molecular weight is 380 g/mol. The lowest BCUT2D eigenvalue weighted by molar-refractivity contribution is 0.0763. The molecule has 3 rings (SSSR count). The number of nitrogens with zero attached hydrogens (tertiary/aromatic N) is 1. The number of thioether (sulfide) groups is 1. The van der Waals surface area contributed by atoms with Crippen molar-refractivity contribution >= 4 is 29.3 Å². The quantitative estimate of drug-likeness (QED) is 0.766. The molecule has 0 bridgehead atoms. The zero-order valence-electron chi connectivity index (χ0n) is 13.9. The first-order chi connectivity index (χ1) is 12.1. The third kappa shape index (κ3) is 4.10. The van der Waals surface area contributed by atoms with Crippen molar-refractivity contribution in [1.82, 2.24) is 4.90 Å². The van der Waals surface area contributed by atoms with Crippen molar-refractivity contribution in [2.24, 2.45) is 0 Å². The first-order valence-corrected chi connectivity index (χ1v) is 9.51. The molecule has 1 heterocycles. The maximum absolute atomic E-state index is 14.0. The van der Waals surface area contributed by atoms with Crippen molar-refractivity contribution in [3.63, 3.8) is 0 Å². The number of benzene rings is 2. The summed E-state index contributed by atoms with van der Waals surface area (Å²) in [5.74, 6) is 0.982. The van der Waals surface area contributed by atoms with Crippen LogP contribution in [0.25, 0.3) is 0 Å². The van der Waals surface area contributed by atoms with Gasteiger partial charge in [-0.3, -0.25) is 4.79 Å². The summed E-state index contributed by atoms with van der Waals surface area (Å²) in [6, 6.07) is 11.9. The van der Waals surface area contributed by atoms with Crippen LogP contribution < -0.4 is 4.74 Å². The smallest absolute Gasteiger partial charge is 0.257 e. The number of methoxy groups -OCH3 is 1. The van der Waals surface area contributed by atoms with Gasteiger partial charge in [-0.1, -0.05) is 29.8 Å². The number of halogens is 2. The Morgan fingerprint density at radius 3 is 2.84 bits per heavy atom. The predicted octanol–water partition coefficient (Wildman–Crippen LogP) is 4.81. The third-order valence-corrected chi connectivity index (χ3v) is 5.82. The van der Waals surface area contributed by atoms with E-state index in [-0.39, 0.29) is 17.0 Å². The number of ether oxygens (including phenoxy) is 1. The second-order valence-electron chi connectivity index (χ2n) is 5.81. The van der Waals surface area contributed by atoms with Crippen molar-refractivity contribution in [2.75, 3.05) is 26.0 Å². The summed E-state index contributed by atoms with van der Waals surface area (Å²) in [4.78, 5) is 14.7. The Kier molecular flexibility index (Phi) is 5.86. The number of hydrogen-bond acceptors (Lipinski definition) is 3. The molecule has 2 aromatic carbocycles. The van der Waals surface area contributed by atoms with Crippen molar-refractivity contribution in [1.29, 1.82) is 0 Å². The number of rotatable bonds is 3. The molecule has 0 spiro atoms. The van der Waals surface area contributed by atoms with Gasteiger partial charge in [0.15, 0.2) is 0 Å². The number of hydrogen-bond donors (Lipinski definition) is 0. The Balaban J connectivity index is 1.76. The van der Waals surface area contributed by atoms with Gasteiger partial charge in [-0.2, -0.15) is 11.8 Å². The zero-order chi connectivity index (χ0) is 17.8. The summed E-state index contributed by atoms with van der Waals surface area (Å²) in [5, 5.41) is 0.554. The minimum absolute atomic E-state index is 0.0558. The highest BCUT2D eigenvalue weighted by Gasteiger charge is 2.26. The van der Waals surface area contributed by atoms with Crippen LogP contribution in [0, 0.1) is 5.82 Å². The minimum atomic E-state index is -0.184. The first kappa shape index (κ1) is 18.1. The largest absolute Gasteiger partial charge is 0.496 e. The summed E-state index contributed by atoms with van der Waals surface area (Å²) in [6.45, 7) is 1.19. The molecule has 1 saturated heterocycles. The predicted molar refractivity (Wildman–Crippen MR) is 100 cm³/mol. The van der Waals surface area contributed by atoms with Gasteiger partial charge in [0, 0.05) is 34.7 Å². The first-order valence-electron chi connectivity index (χ1n) is 8.09. The van der Waals surface area contributed by atoms with Gasteiger partial charge in [0.25, 0.3) is 5.91 Å². The third-order valence-electron chi connectivity index (χ3n) is 4.27. The molecule has 1 atom stereocenters. The van der Waals surface area contributed by atoms with Gasteiger partial charge in [-0.25, -0.2) is 4.39 Å². The van der Waals surface area contributed by atoms with E-state index in [1.807, 2.05) is 12.1 Å². The van der Waals surface area contributed by atoms with E-state index in [1.165, 1.54) is 13.2 Å². The highest BCUT2D eigenvalue weighted by atomic mass is 35.5. The van der Waals surface area contributed by atoms with Crippen LogP contribution in [0.5, 0.6) is 5.75 Å². The molecule has 1 fully saturated rings. The summed E-state index contributed by atoms with van der Waals surface area (Å²) < 4.78 is 19.3. The molecular weight excluding hydrogens is 361 g/mol. The maximum atomic E-state index is 14.0. The normalized spacial score (nSPS) is 17.9. The molecule has 0 saturated carbocycles. The second kappa shape index (κ2) is 8.11. The van der Waals surface area contributed by atoms with Gasteiger partial charge in [0.2, 0.25) is 0 Å². The van der Waals surface area contributed by atoms with Crippen LogP contribution in [0.3, 0.4) is 0 Å². The molecule has 132 valence electrons. The number of carbonyl (C=O) groups is 1. The van der Waals surface area contributed by atoms with Gasteiger partial charge in [-0.15, -0.1) is 0 Å². The molecule has 2 aromatic rings. The average Bonchev–Trinajstić information content (AvgIpc) is 2.87. The molecule has 0 N–H and O–H groups in total. The maximum Gasteiger partial charge on any atom is 0.257 e. The zero-order valence-corrected chi connectivity index (χ0v) is 15.4. The van der Waals surface area contributed by atoms with Gasteiger partial charge in [0.05, 0.1) is 12.7 Å². The van der Waals surface area contributed by atoms with Crippen molar-refractivity contribution in [2.45, 2.75) is 11.7 Å². The fourth-order valence-corrected chi connectivity index (χ4v) is 4.40. The van der Waals surface area contributed by atoms with E-state index in [9.17, 15) is 9.18 Å². The fraction of sp³-hybridized carbons (Fsp3) is 0.316. The molecule has 1 aliphatic rings. The molecule has 25 heavy (non-hydrogen) atoms. The standard InChI is InChI=1S/C19H19ClFNO2S/c1-24-17-7-6-13(20)12-15(17)19(23)22-9-8-18(25-11-10-22)14-4-2-3-5-16(14)21/h2-7,12,18H,8-11H2,1H3. The lowest BCUT2D eigenvalue weighted by Crippen LogP contribution is -2.33. The van der Waals surface area contributed by atoms with E-state index in [2.05, 4.69) is 0 Å². The molecule has 1 amide bonds. The van der Waals surface area contributed by atoms with E-state index in [1.54, 1.807) is 40.9 Å². The van der Waals surface area contributed by atoms with E-state index < -0.39 is 0 Å². The van der Waals surface area contributed by atoms with E-state index >= 15 is 0 Å². The van der Waals surface area contributed by atoms with Crippen molar-refractivity contribution < 1.29 is 13.9 Å². The number of amides is 1. The molecule has 0 aliphatic carbocycles. The SMILES string of the molecule is COc1ccc(Cl)cc1C(=O)N1CCSC(c2ccccc2F)CC1. The van der Waals surface area contributed by atoms with Crippen LogP contribution in [0.4, 0.5) is 4.39 Å². The van der Waals surface area contributed by atoms with Crippen molar-refractivity contribution in [3.8, 4) is 5.75 Å². The summed E-state index contributed by atoms with van der Waals surface area (Å²) >= 11 is 7.73. The highest BCUT2D eigenvalue weighted by molar-refractivity contribution is 7.99. The summed E-state index contributed by atoms with van der Waals surface area (Å²) in [6.07, 6.45) is 0.709. The van der Waals surface area contributed by atoms with Gasteiger partial charge in [0.1, 0.15) is 11.6 Å². The molecule has 3 nitrogen and oxygen atoms in total. The molecule has 1 unspecified atom stereocenters. The lowest BCUT2D eigenvalue weighted by atomic mass is 10.1. The molecule has 6 heteroatoms. The Morgan fingerprint density at radius 2 is 2.08 bits per heavy atom. The van der Waals surface area contributed by atoms with E-state index in [0.717, 1.165) is 5.75 Å². The molecular formula is C19H19ClFNO2S. The minimum Gasteiger partial charge on any atom is -0.496 e. The van der Waals surface area contributed by atoms with Gasteiger partial charge in [-0.05, 0) is 30.7 Å². The van der Waals surface area contributed by atoms with E-state index in [4.69, 9.17) is 16.3 Å².